The third-order valence-corrected chi connectivity index (χ3v) is 3.58. The summed E-state index contributed by atoms with van der Waals surface area (Å²) in [6.45, 7) is 1.90. The minimum Gasteiger partial charge on any atom is -0.375 e. The van der Waals surface area contributed by atoms with E-state index < -0.39 is 12.1 Å². The zero-order chi connectivity index (χ0) is 11.2. The fraction of sp³-hybridized carbons (Fsp3) is 1.00. The van der Waals surface area contributed by atoms with Crippen molar-refractivity contribution in [1.29, 1.82) is 0 Å². The van der Waals surface area contributed by atoms with Crippen LogP contribution in [0.4, 0.5) is 13.2 Å². The molecule has 0 aromatic carbocycles. The molecular weight excluding hydrogens is 207 g/mol. The van der Waals surface area contributed by atoms with Gasteiger partial charge in [-0.15, -0.1) is 0 Å². The average molecular weight is 223 g/mol. The Morgan fingerprint density at radius 1 is 1.20 bits per heavy atom. The second-order valence-electron chi connectivity index (χ2n) is 4.76. The fourth-order valence-corrected chi connectivity index (χ4v) is 2.82. The monoisotopic (exact) mass is 223 g/mol. The molecule has 1 aliphatic heterocycles. The average Bonchev–Trinajstić information content (AvgIpc) is 2.44. The van der Waals surface area contributed by atoms with Crippen LogP contribution in [0.15, 0.2) is 0 Å². The van der Waals surface area contributed by atoms with Crippen LogP contribution in [-0.2, 0) is 4.74 Å². The number of fused-ring (bicyclic) bond motifs is 1. The SMILES string of the molecule is C[C@@H]1C[C@@H]2[C@H](N)C[C@@H](C(F)(F)F)C[C@@H]2O1. The summed E-state index contributed by atoms with van der Waals surface area (Å²) >= 11 is 0. The molecule has 1 aliphatic carbocycles. The van der Waals surface area contributed by atoms with Crippen molar-refractivity contribution in [3.63, 3.8) is 0 Å². The number of ether oxygens (including phenoxy) is 1. The van der Waals surface area contributed by atoms with Crippen LogP contribution in [0.3, 0.4) is 0 Å². The van der Waals surface area contributed by atoms with Gasteiger partial charge in [0.1, 0.15) is 0 Å². The summed E-state index contributed by atoms with van der Waals surface area (Å²) in [7, 11) is 0. The summed E-state index contributed by atoms with van der Waals surface area (Å²) in [6.07, 6.45) is -3.41. The summed E-state index contributed by atoms with van der Waals surface area (Å²) in [5.74, 6) is -1.15. The molecule has 1 heterocycles. The van der Waals surface area contributed by atoms with Gasteiger partial charge in [0.2, 0.25) is 0 Å². The molecule has 0 aromatic rings. The van der Waals surface area contributed by atoms with E-state index in [1.807, 2.05) is 6.92 Å². The van der Waals surface area contributed by atoms with Gasteiger partial charge < -0.3 is 10.5 Å². The molecule has 15 heavy (non-hydrogen) atoms. The summed E-state index contributed by atoms with van der Waals surface area (Å²) in [4.78, 5) is 0. The first-order chi connectivity index (χ1) is 6.88. The lowest BCUT2D eigenvalue weighted by Crippen LogP contribution is -2.46. The van der Waals surface area contributed by atoms with Crippen molar-refractivity contribution in [3.05, 3.63) is 0 Å². The van der Waals surface area contributed by atoms with Crippen molar-refractivity contribution < 1.29 is 17.9 Å². The third kappa shape index (κ3) is 2.13. The number of rotatable bonds is 0. The largest absolute Gasteiger partial charge is 0.391 e. The zero-order valence-corrected chi connectivity index (χ0v) is 8.63. The van der Waals surface area contributed by atoms with Crippen molar-refractivity contribution in [1.82, 2.24) is 0 Å². The van der Waals surface area contributed by atoms with Crippen LogP contribution < -0.4 is 5.73 Å². The number of halogens is 3. The van der Waals surface area contributed by atoms with E-state index in [0.29, 0.717) is 0 Å². The summed E-state index contributed by atoms with van der Waals surface area (Å²) in [5, 5.41) is 0. The van der Waals surface area contributed by atoms with Crippen LogP contribution >= 0.6 is 0 Å². The van der Waals surface area contributed by atoms with Gasteiger partial charge in [0.15, 0.2) is 0 Å². The van der Waals surface area contributed by atoms with Gasteiger partial charge in [0, 0.05) is 12.0 Å². The van der Waals surface area contributed by atoms with Crippen molar-refractivity contribution >= 4 is 0 Å². The Kier molecular flexibility index (Phi) is 2.71. The number of hydrogen-bond acceptors (Lipinski definition) is 2. The molecule has 0 amide bonds. The van der Waals surface area contributed by atoms with Crippen molar-refractivity contribution in [2.75, 3.05) is 0 Å². The van der Waals surface area contributed by atoms with E-state index in [1.54, 1.807) is 0 Å². The molecule has 2 fully saturated rings. The van der Waals surface area contributed by atoms with Gasteiger partial charge in [0.05, 0.1) is 18.1 Å². The van der Waals surface area contributed by atoms with Gasteiger partial charge in [-0.2, -0.15) is 13.2 Å². The van der Waals surface area contributed by atoms with Crippen LogP contribution in [0.5, 0.6) is 0 Å². The molecule has 5 heteroatoms. The third-order valence-electron chi connectivity index (χ3n) is 3.58. The van der Waals surface area contributed by atoms with E-state index in [1.165, 1.54) is 0 Å². The maximum absolute atomic E-state index is 12.6. The first-order valence-electron chi connectivity index (χ1n) is 5.35. The highest BCUT2D eigenvalue weighted by atomic mass is 19.4. The smallest absolute Gasteiger partial charge is 0.375 e. The first kappa shape index (κ1) is 11.2. The first-order valence-corrected chi connectivity index (χ1v) is 5.35. The minimum absolute atomic E-state index is 0.0537. The summed E-state index contributed by atoms with van der Waals surface area (Å²) in [6, 6.07) is -0.361. The van der Waals surface area contributed by atoms with Gasteiger partial charge in [-0.1, -0.05) is 0 Å². The molecule has 0 unspecified atom stereocenters. The van der Waals surface area contributed by atoms with Gasteiger partial charge >= 0.3 is 6.18 Å². The van der Waals surface area contributed by atoms with E-state index in [-0.39, 0.29) is 37.0 Å². The van der Waals surface area contributed by atoms with Crippen molar-refractivity contribution in [3.8, 4) is 0 Å². The molecule has 0 radical (unpaired) electrons. The Labute approximate surface area is 87.0 Å². The van der Waals surface area contributed by atoms with E-state index in [9.17, 15) is 13.2 Å². The lowest BCUT2D eigenvalue weighted by atomic mass is 9.76. The van der Waals surface area contributed by atoms with Crippen LogP contribution in [0.1, 0.15) is 26.2 Å². The van der Waals surface area contributed by atoms with Gasteiger partial charge in [-0.25, -0.2) is 0 Å². The Morgan fingerprint density at radius 2 is 1.87 bits per heavy atom. The summed E-state index contributed by atoms with van der Waals surface area (Å²) < 4.78 is 43.2. The Bertz CT molecular complexity index is 243. The quantitative estimate of drug-likeness (QED) is 0.682. The van der Waals surface area contributed by atoms with E-state index in [2.05, 4.69) is 0 Å². The highest BCUT2D eigenvalue weighted by Gasteiger charge is 2.50. The molecule has 88 valence electrons. The van der Waals surface area contributed by atoms with Crippen LogP contribution in [-0.4, -0.2) is 24.4 Å². The van der Waals surface area contributed by atoms with Crippen LogP contribution in [0.25, 0.3) is 0 Å². The Morgan fingerprint density at radius 3 is 2.47 bits per heavy atom. The van der Waals surface area contributed by atoms with Crippen molar-refractivity contribution in [2.24, 2.45) is 17.6 Å². The predicted octanol–water partition coefficient (Wildman–Crippen LogP) is 2.08. The van der Waals surface area contributed by atoms with Gasteiger partial charge in [-0.05, 0) is 26.2 Å². The molecule has 2 aliphatic rings. The van der Waals surface area contributed by atoms with Crippen LogP contribution in [0, 0.1) is 11.8 Å². The number of alkyl halides is 3. The standard InChI is InChI=1S/C10H16F3NO/c1-5-2-7-8(14)3-6(10(11,12)13)4-9(7)15-5/h5-9H,2-4,14H2,1H3/t5-,6-,7-,8-,9+/m1/s1. The van der Waals surface area contributed by atoms with E-state index in [0.717, 1.165) is 6.42 Å². The maximum Gasteiger partial charge on any atom is 0.391 e. The molecule has 2 nitrogen and oxygen atoms in total. The molecule has 2 N–H and O–H groups in total. The maximum atomic E-state index is 12.6. The number of nitrogens with two attached hydrogens (primary N) is 1. The number of hydrogen-bond donors (Lipinski definition) is 1. The topological polar surface area (TPSA) is 35.2 Å². The molecule has 2 rings (SSSR count). The zero-order valence-electron chi connectivity index (χ0n) is 8.63. The predicted molar refractivity (Wildman–Crippen MR) is 49.2 cm³/mol. The van der Waals surface area contributed by atoms with E-state index in [4.69, 9.17) is 10.5 Å². The summed E-state index contributed by atoms with van der Waals surface area (Å²) in [5.41, 5.74) is 5.79. The highest BCUT2D eigenvalue weighted by Crippen LogP contribution is 2.44. The fourth-order valence-electron chi connectivity index (χ4n) is 2.82. The Hall–Kier alpha value is -0.290. The second-order valence-corrected chi connectivity index (χ2v) is 4.76. The van der Waals surface area contributed by atoms with Crippen molar-refractivity contribution in [2.45, 2.75) is 50.6 Å². The second kappa shape index (κ2) is 3.63. The lowest BCUT2D eigenvalue weighted by molar-refractivity contribution is -0.194. The normalized spacial score (nSPS) is 46.6. The van der Waals surface area contributed by atoms with Crippen LogP contribution in [0.2, 0.25) is 0 Å². The van der Waals surface area contributed by atoms with E-state index >= 15 is 0 Å². The minimum atomic E-state index is -4.13. The van der Waals surface area contributed by atoms with Gasteiger partial charge in [-0.3, -0.25) is 0 Å². The molecule has 5 atom stereocenters. The molecule has 0 aromatic heterocycles. The Balaban J connectivity index is 2.07. The molecule has 0 bridgehead atoms. The molecule has 1 saturated heterocycles. The lowest BCUT2D eigenvalue weighted by Gasteiger charge is -2.36. The molecular formula is C10H16F3NO. The molecule has 1 saturated carbocycles. The highest BCUT2D eigenvalue weighted by molar-refractivity contribution is 4.95. The molecule has 0 spiro atoms. The van der Waals surface area contributed by atoms with Gasteiger partial charge in [0.25, 0.3) is 0 Å².